The number of benzene rings is 7. The zero-order chi connectivity index (χ0) is 62.3. The summed E-state index contributed by atoms with van der Waals surface area (Å²) in [5, 5.41) is 18.6. The van der Waals surface area contributed by atoms with Crippen molar-refractivity contribution in [3.63, 3.8) is 0 Å². The van der Waals surface area contributed by atoms with E-state index in [0.29, 0.717) is 42.9 Å². The molecule has 18 heteroatoms. The molecule has 3 N–H and O–H groups in total. The molecule has 0 aliphatic carbocycles. The van der Waals surface area contributed by atoms with Crippen LogP contribution in [0.15, 0.2) is 201 Å². The number of nitrogens with zero attached hydrogens (tertiary/aromatic N) is 7. The van der Waals surface area contributed by atoms with Gasteiger partial charge in [0.2, 0.25) is 21.8 Å². The van der Waals surface area contributed by atoms with Crippen LogP contribution in [0.2, 0.25) is 0 Å². The number of sulfonamides is 1. The van der Waals surface area contributed by atoms with Gasteiger partial charge in [-0.15, -0.1) is 0 Å². The third-order valence-electron chi connectivity index (χ3n) is 16.5. The number of aryl methyl sites for hydroxylation is 2. The van der Waals surface area contributed by atoms with Gasteiger partial charge in [-0.3, -0.25) is 37.9 Å². The molecule has 0 unspecified atom stereocenters. The highest BCUT2D eigenvalue weighted by Crippen LogP contribution is 2.35. The Morgan fingerprint density at radius 1 is 0.764 bits per heavy atom. The third-order valence-corrected chi connectivity index (χ3v) is 17.6. The van der Waals surface area contributed by atoms with Gasteiger partial charge in [-0.1, -0.05) is 158 Å². The van der Waals surface area contributed by atoms with Crippen molar-refractivity contribution in [2.24, 2.45) is 0 Å². The van der Waals surface area contributed by atoms with Gasteiger partial charge >= 0.3 is 0 Å². The van der Waals surface area contributed by atoms with E-state index in [1.54, 1.807) is 29.3 Å². The van der Waals surface area contributed by atoms with Crippen LogP contribution in [-0.4, -0.2) is 106 Å². The summed E-state index contributed by atoms with van der Waals surface area (Å²) >= 11 is 0. The SMILES string of the molecule is CC(=O)c1cccc(N(CC(=O)N(Cc2ccccc2)Cc2ccccc2)S(C)(=O)=O)c1.O=C(NCc1c[n+]2c([nH]1)CCCC2)c1ccccc1-c1ccc(Cn2cccn2)cc1.O=C1C[C@@H](N2CCCC[C@@H]2CCO)C(=O)N1c1cccc2ccccc12. The number of amides is 4. The Kier molecular flexibility index (Phi) is 20.8. The van der Waals surface area contributed by atoms with Gasteiger partial charge in [0.05, 0.1) is 49.7 Å². The number of Topliss-reactive ketones (excluding diaryl/α,β-unsaturated/α-hetero) is 1. The summed E-state index contributed by atoms with van der Waals surface area (Å²) in [6.45, 7) is 4.96. The first-order chi connectivity index (χ1) is 43.2. The van der Waals surface area contributed by atoms with E-state index >= 15 is 0 Å². The van der Waals surface area contributed by atoms with Crippen LogP contribution in [0.4, 0.5) is 11.4 Å². The third kappa shape index (κ3) is 16.1. The number of nitrogens with one attached hydrogen (secondary N) is 2. The summed E-state index contributed by atoms with van der Waals surface area (Å²) in [4.78, 5) is 72.7. The predicted octanol–water partition coefficient (Wildman–Crippen LogP) is 10.1. The number of aliphatic hydroxyl groups is 1. The fraction of sp³-hybridized carbons (Fsp3) is 0.282. The van der Waals surface area contributed by atoms with E-state index in [9.17, 15) is 37.5 Å². The first-order valence-electron chi connectivity index (χ1n) is 30.4. The summed E-state index contributed by atoms with van der Waals surface area (Å²) in [5.74, 6) is 0.415. The second kappa shape index (κ2) is 29.6. The van der Waals surface area contributed by atoms with Crippen molar-refractivity contribution < 1.29 is 42.1 Å². The van der Waals surface area contributed by atoms with Gasteiger partial charge in [-0.25, -0.2) is 22.9 Å². The van der Waals surface area contributed by atoms with Crippen molar-refractivity contribution in [1.82, 2.24) is 29.9 Å². The van der Waals surface area contributed by atoms with Crippen LogP contribution in [-0.2, 0) is 63.6 Å². The minimum Gasteiger partial charge on any atom is -0.396 e. The number of anilines is 2. The molecule has 0 radical (unpaired) electrons. The maximum atomic E-state index is 13.4. The van der Waals surface area contributed by atoms with E-state index in [4.69, 9.17) is 0 Å². The zero-order valence-corrected chi connectivity index (χ0v) is 51.2. The molecule has 2 fully saturated rings. The first kappa shape index (κ1) is 62.7. The van der Waals surface area contributed by atoms with Crippen LogP contribution in [0.3, 0.4) is 0 Å². The topological polar surface area (TPSA) is 202 Å². The number of H-pyrrole nitrogens is 1. The van der Waals surface area contributed by atoms with Gasteiger partial charge in [0.15, 0.2) is 11.5 Å². The van der Waals surface area contributed by atoms with Crippen LogP contribution in [0.25, 0.3) is 21.9 Å². The molecule has 0 saturated carbocycles. The van der Waals surface area contributed by atoms with Gasteiger partial charge in [0.1, 0.15) is 12.7 Å². The Morgan fingerprint density at radius 2 is 1.46 bits per heavy atom. The minimum absolute atomic E-state index is 0.0613. The summed E-state index contributed by atoms with van der Waals surface area (Å²) in [5.41, 5.74) is 8.10. The molecule has 12 rings (SSSR count). The molecule has 4 amide bonds. The molecule has 9 aromatic rings. The summed E-state index contributed by atoms with van der Waals surface area (Å²) in [7, 11) is -3.76. The second-order valence-corrected chi connectivity index (χ2v) is 24.7. The number of rotatable bonds is 19. The molecule has 3 aliphatic rings. The van der Waals surface area contributed by atoms with Gasteiger partial charge in [-0.2, -0.15) is 5.10 Å². The van der Waals surface area contributed by atoms with Crippen LogP contribution < -0.4 is 19.1 Å². The molecule has 3 aliphatic heterocycles. The number of aliphatic hydroxyl groups excluding tert-OH is 1. The molecule has 2 atom stereocenters. The lowest BCUT2D eigenvalue weighted by atomic mass is 9.97. The Labute approximate surface area is 520 Å². The lowest BCUT2D eigenvalue weighted by Crippen LogP contribution is -2.50. The van der Waals surface area contributed by atoms with Crippen molar-refractivity contribution in [2.75, 3.05) is 35.2 Å². The monoisotopic (exact) mass is 1210 g/mol. The van der Waals surface area contributed by atoms with Crippen LogP contribution in [0, 0.1) is 0 Å². The van der Waals surface area contributed by atoms with Crippen molar-refractivity contribution in [3.8, 4) is 11.1 Å². The molecule has 0 bridgehead atoms. The zero-order valence-electron chi connectivity index (χ0n) is 50.4. The maximum absolute atomic E-state index is 13.4. The number of likely N-dealkylation sites (tertiary alicyclic amines) is 1. The number of imide groups is 1. The molecular weight excluding hydrogens is 1140 g/mol. The van der Waals surface area contributed by atoms with Gasteiger partial charge in [0, 0.05) is 61.1 Å². The largest absolute Gasteiger partial charge is 0.396 e. The average molecular weight is 1220 g/mol. The van der Waals surface area contributed by atoms with E-state index in [2.05, 4.69) is 55.3 Å². The Hall–Kier alpha value is -9.36. The van der Waals surface area contributed by atoms with Crippen molar-refractivity contribution in [1.29, 1.82) is 0 Å². The first-order valence-corrected chi connectivity index (χ1v) is 32.2. The van der Waals surface area contributed by atoms with Crippen molar-refractivity contribution >= 4 is 61.6 Å². The van der Waals surface area contributed by atoms with Crippen molar-refractivity contribution in [2.45, 2.75) is 103 Å². The molecule has 2 saturated heterocycles. The smallest absolute Gasteiger partial charge is 0.254 e. The van der Waals surface area contributed by atoms with Crippen molar-refractivity contribution in [3.05, 3.63) is 240 Å². The molecule has 0 spiro atoms. The summed E-state index contributed by atoms with van der Waals surface area (Å²) in [6.07, 6.45) is 14.4. The molecule has 89 heavy (non-hydrogen) atoms. The second-order valence-electron chi connectivity index (χ2n) is 22.8. The molecule has 458 valence electrons. The number of aromatic amines is 1. The molecule has 7 aromatic carbocycles. The highest BCUT2D eigenvalue weighted by Gasteiger charge is 2.45. The Morgan fingerprint density at radius 3 is 2.16 bits per heavy atom. The lowest BCUT2D eigenvalue weighted by molar-refractivity contribution is -0.708. The molecule has 2 aromatic heterocycles. The average Bonchev–Trinajstić information content (AvgIpc) is 2.24. The van der Waals surface area contributed by atoms with Crippen LogP contribution in [0.5, 0.6) is 0 Å². The number of fused-ring (bicyclic) bond motifs is 2. The fourth-order valence-electron chi connectivity index (χ4n) is 12.0. The van der Waals surface area contributed by atoms with Gasteiger partial charge in [-0.05, 0) is 109 Å². The highest BCUT2D eigenvalue weighted by molar-refractivity contribution is 7.92. The van der Waals surface area contributed by atoms with E-state index in [1.165, 1.54) is 42.1 Å². The normalized spacial score (nSPS) is 15.7. The maximum Gasteiger partial charge on any atom is 0.254 e. The number of imidazole rings is 1. The fourth-order valence-corrected chi connectivity index (χ4v) is 12.8. The van der Waals surface area contributed by atoms with E-state index in [-0.39, 0.29) is 60.7 Å². The summed E-state index contributed by atoms with van der Waals surface area (Å²) in [6, 6.07) is 56.8. The minimum atomic E-state index is -3.76. The number of piperidine rings is 1. The van der Waals surface area contributed by atoms with E-state index < -0.39 is 16.1 Å². The van der Waals surface area contributed by atoms with Crippen LogP contribution >= 0.6 is 0 Å². The molecule has 17 nitrogen and oxygen atoms in total. The predicted molar refractivity (Wildman–Crippen MR) is 345 cm³/mol. The Balaban J connectivity index is 0.000000148. The number of carbonyl (C=O) groups excluding carboxylic acids is 5. The number of aromatic nitrogens is 4. The highest BCUT2D eigenvalue weighted by atomic mass is 32.2. The molecule has 5 heterocycles. The Bertz CT molecular complexity index is 3940. The van der Waals surface area contributed by atoms with Gasteiger partial charge in [0.25, 0.3) is 17.6 Å². The lowest BCUT2D eigenvalue weighted by Gasteiger charge is -2.38. The number of hydrogen-bond donors (Lipinski definition) is 3. The summed E-state index contributed by atoms with van der Waals surface area (Å²) < 4.78 is 30.3. The molecular formula is C71H76N9O8S+. The quantitative estimate of drug-likeness (QED) is 0.0397. The van der Waals surface area contributed by atoms with E-state index in [1.807, 2.05) is 144 Å². The van der Waals surface area contributed by atoms with E-state index in [0.717, 1.165) is 94.6 Å². The number of hydrogen-bond acceptors (Lipinski definition) is 10. The van der Waals surface area contributed by atoms with Crippen LogP contribution in [0.1, 0.15) is 101 Å². The number of carbonyl (C=O) groups is 5. The van der Waals surface area contributed by atoms with Gasteiger partial charge < -0.3 is 15.3 Å². The standard InChI is InChI=1S/C25H25N5O.C25H26N2O4S.C21H24N2O3/c31-25(26-16-21-18-29-14-4-3-8-24(29)28-21)23-7-2-1-6-22(23)20-11-9-19(10-12-20)17-30-15-5-13-27-30;1-20(28)23-14-9-15-24(16-23)27(32(2,30)31)19-25(29)26(17-21-10-5-3-6-11-21)18-22-12-7-4-8-13-22;24-13-11-16-8-3-4-12-22(16)19-14-20(25)23(21(19)26)18-10-5-7-15-6-1-2-9-17(15)18/h1-2,5-7,9-13,15,18H,3-4,8,14,16-17H2,(H,26,31);3-16H,17-19H2,1-2H3;1-2,5-7,9-10,16,19,24H,3-4,8,11-14H2/p+1/t;;16-,19-/m..1/s1. The number of ketones is 1.